The minimum absolute atomic E-state index is 0.0621. The molecule has 0 aromatic heterocycles. The number of nitrogens with zero attached hydrogens (tertiary/aromatic N) is 1. The van der Waals surface area contributed by atoms with Crippen molar-refractivity contribution in [2.75, 3.05) is 13.7 Å². The molecule has 0 aliphatic heterocycles. The van der Waals surface area contributed by atoms with Gasteiger partial charge in [-0.05, 0) is 37.9 Å². The largest absolute Gasteiger partial charge is 0.497 e. The first kappa shape index (κ1) is 17.4. The van der Waals surface area contributed by atoms with E-state index in [1.54, 1.807) is 19.2 Å². The third-order valence-corrected chi connectivity index (χ3v) is 3.76. The van der Waals surface area contributed by atoms with Gasteiger partial charge in [0.15, 0.2) is 0 Å². The molecule has 0 spiro atoms. The topological polar surface area (TPSA) is 64.4 Å². The molecule has 0 aliphatic rings. The zero-order valence-corrected chi connectivity index (χ0v) is 13.6. The number of nitrogens with one attached hydrogen (secondary N) is 1. The van der Waals surface area contributed by atoms with Gasteiger partial charge in [-0.25, -0.2) is 0 Å². The molecule has 0 saturated heterocycles. The Balaban J connectivity index is 3.25. The first-order valence-electron chi connectivity index (χ1n) is 7.48. The maximum atomic E-state index is 11.3. The van der Waals surface area contributed by atoms with Gasteiger partial charge in [0.2, 0.25) is 0 Å². The Morgan fingerprint density at radius 2 is 2.00 bits per heavy atom. The van der Waals surface area contributed by atoms with Crippen LogP contribution in [0.4, 0.5) is 5.69 Å². The Bertz CT molecular complexity index is 475. The molecule has 0 amide bonds. The lowest BCUT2D eigenvalue weighted by Gasteiger charge is -2.28. The summed E-state index contributed by atoms with van der Waals surface area (Å²) in [7, 11) is 1.58. The zero-order chi connectivity index (χ0) is 16.0. The molecule has 21 heavy (non-hydrogen) atoms. The Hall–Kier alpha value is -1.62. The van der Waals surface area contributed by atoms with E-state index in [1.165, 1.54) is 6.07 Å². The molecule has 2 unspecified atom stereocenters. The molecule has 1 N–H and O–H groups in total. The summed E-state index contributed by atoms with van der Waals surface area (Å²) < 4.78 is 5.24. The molecule has 1 aromatic rings. The standard InChI is InChI=1S/C16H26N2O3/c1-6-9-17-12(4)16(11(2)3)14-10-13(21-5)7-8-15(14)18(19)20/h7-8,10-12,16-17H,6,9H2,1-5H3. The Morgan fingerprint density at radius 3 is 2.48 bits per heavy atom. The molecule has 118 valence electrons. The summed E-state index contributed by atoms with van der Waals surface area (Å²) >= 11 is 0. The maximum absolute atomic E-state index is 11.3. The van der Waals surface area contributed by atoms with Crippen molar-refractivity contribution in [2.24, 2.45) is 5.92 Å². The van der Waals surface area contributed by atoms with Gasteiger partial charge >= 0.3 is 0 Å². The Kier molecular flexibility index (Phi) is 6.62. The fourth-order valence-electron chi connectivity index (χ4n) is 2.80. The smallest absolute Gasteiger partial charge is 0.273 e. The summed E-state index contributed by atoms with van der Waals surface area (Å²) in [5, 5.41) is 14.8. The van der Waals surface area contributed by atoms with Gasteiger partial charge < -0.3 is 10.1 Å². The quantitative estimate of drug-likeness (QED) is 0.586. The second-order valence-corrected chi connectivity index (χ2v) is 5.69. The SMILES string of the molecule is CCCNC(C)C(c1cc(OC)ccc1[N+](=O)[O-])C(C)C. The number of benzene rings is 1. The van der Waals surface area contributed by atoms with Gasteiger partial charge in [-0.3, -0.25) is 10.1 Å². The molecule has 0 radical (unpaired) electrons. The van der Waals surface area contributed by atoms with E-state index in [0.717, 1.165) is 18.5 Å². The Morgan fingerprint density at radius 1 is 1.33 bits per heavy atom. The van der Waals surface area contributed by atoms with Crippen LogP contribution in [-0.2, 0) is 0 Å². The van der Waals surface area contributed by atoms with Crippen LogP contribution in [0.2, 0.25) is 0 Å². The van der Waals surface area contributed by atoms with E-state index < -0.39 is 0 Å². The molecule has 0 saturated carbocycles. The van der Waals surface area contributed by atoms with Crippen molar-refractivity contribution in [3.8, 4) is 5.75 Å². The van der Waals surface area contributed by atoms with Crippen molar-refractivity contribution in [1.29, 1.82) is 0 Å². The van der Waals surface area contributed by atoms with E-state index in [-0.39, 0.29) is 28.5 Å². The van der Waals surface area contributed by atoms with Crippen LogP contribution in [-0.4, -0.2) is 24.6 Å². The van der Waals surface area contributed by atoms with Crippen LogP contribution < -0.4 is 10.1 Å². The summed E-state index contributed by atoms with van der Waals surface area (Å²) in [4.78, 5) is 11.0. The molecule has 5 heteroatoms. The van der Waals surface area contributed by atoms with E-state index in [9.17, 15) is 10.1 Å². The third kappa shape index (κ3) is 4.43. The Labute approximate surface area is 126 Å². The average Bonchev–Trinajstić information content (AvgIpc) is 2.44. The van der Waals surface area contributed by atoms with Gasteiger partial charge in [0.25, 0.3) is 5.69 Å². The van der Waals surface area contributed by atoms with Crippen LogP contribution in [0, 0.1) is 16.0 Å². The van der Waals surface area contributed by atoms with Crippen molar-refractivity contribution >= 4 is 5.69 Å². The van der Waals surface area contributed by atoms with Crippen molar-refractivity contribution in [2.45, 2.75) is 46.1 Å². The monoisotopic (exact) mass is 294 g/mol. The van der Waals surface area contributed by atoms with Gasteiger partial charge in [0, 0.05) is 23.6 Å². The molecule has 1 rings (SSSR count). The molecule has 0 aliphatic carbocycles. The number of methoxy groups -OCH3 is 1. The third-order valence-electron chi connectivity index (χ3n) is 3.76. The summed E-state index contributed by atoms with van der Waals surface area (Å²) in [5.41, 5.74) is 0.908. The molecule has 0 heterocycles. The van der Waals surface area contributed by atoms with Crippen molar-refractivity contribution in [3.63, 3.8) is 0 Å². The molecular formula is C16H26N2O3. The highest BCUT2D eigenvalue weighted by Crippen LogP contribution is 2.36. The molecule has 5 nitrogen and oxygen atoms in total. The number of ether oxygens (including phenoxy) is 1. The normalized spacial score (nSPS) is 14.0. The average molecular weight is 294 g/mol. The predicted molar refractivity (Wildman–Crippen MR) is 85.0 cm³/mol. The highest BCUT2D eigenvalue weighted by Gasteiger charge is 2.29. The first-order chi connectivity index (χ1) is 9.92. The zero-order valence-electron chi connectivity index (χ0n) is 13.6. The summed E-state index contributed by atoms with van der Waals surface area (Å²) in [6, 6.07) is 5.14. The fourth-order valence-corrected chi connectivity index (χ4v) is 2.80. The van der Waals surface area contributed by atoms with E-state index in [1.807, 2.05) is 0 Å². The maximum Gasteiger partial charge on any atom is 0.273 e. The lowest BCUT2D eigenvalue weighted by atomic mass is 9.82. The van der Waals surface area contributed by atoms with Gasteiger partial charge in [0.05, 0.1) is 12.0 Å². The lowest BCUT2D eigenvalue weighted by Crippen LogP contribution is -2.35. The second-order valence-electron chi connectivity index (χ2n) is 5.69. The van der Waals surface area contributed by atoms with Crippen LogP contribution in [0.3, 0.4) is 0 Å². The molecule has 0 fully saturated rings. The molecular weight excluding hydrogens is 268 g/mol. The summed E-state index contributed by atoms with van der Waals surface area (Å²) in [5.74, 6) is 1.01. The van der Waals surface area contributed by atoms with Crippen LogP contribution in [0.5, 0.6) is 5.75 Å². The van der Waals surface area contributed by atoms with Crippen molar-refractivity contribution in [1.82, 2.24) is 5.32 Å². The lowest BCUT2D eigenvalue weighted by molar-refractivity contribution is -0.385. The van der Waals surface area contributed by atoms with E-state index >= 15 is 0 Å². The number of nitro groups is 1. The highest BCUT2D eigenvalue weighted by molar-refractivity contribution is 5.48. The van der Waals surface area contributed by atoms with Gasteiger partial charge in [0.1, 0.15) is 5.75 Å². The minimum atomic E-state index is -0.309. The minimum Gasteiger partial charge on any atom is -0.497 e. The molecule has 0 bridgehead atoms. The molecule has 1 aromatic carbocycles. The van der Waals surface area contributed by atoms with Crippen LogP contribution in [0.15, 0.2) is 18.2 Å². The van der Waals surface area contributed by atoms with Gasteiger partial charge in [-0.15, -0.1) is 0 Å². The van der Waals surface area contributed by atoms with Crippen molar-refractivity contribution in [3.05, 3.63) is 33.9 Å². The second kappa shape index (κ2) is 7.98. The number of rotatable bonds is 8. The number of nitro benzene ring substituents is 1. The number of hydrogen-bond acceptors (Lipinski definition) is 4. The van der Waals surface area contributed by atoms with Gasteiger partial charge in [-0.2, -0.15) is 0 Å². The van der Waals surface area contributed by atoms with Crippen molar-refractivity contribution < 1.29 is 9.66 Å². The molecule has 2 atom stereocenters. The fraction of sp³-hybridized carbons (Fsp3) is 0.625. The van der Waals surface area contributed by atoms with Crippen LogP contribution in [0.25, 0.3) is 0 Å². The van der Waals surface area contributed by atoms with Crippen LogP contribution >= 0.6 is 0 Å². The van der Waals surface area contributed by atoms with E-state index in [4.69, 9.17) is 4.74 Å². The highest BCUT2D eigenvalue weighted by atomic mass is 16.6. The van der Waals surface area contributed by atoms with Crippen LogP contribution in [0.1, 0.15) is 45.6 Å². The summed E-state index contributed by atoms with van der Waals surface area (Å²) in [6.45, 7) is 9.29. The van der Waals surface area contributed by atoms with Gasteiger partial charge in [-0.1, -0.05) is 20.8 Å². The summed E-state index contributed by atoms with van der Waals surface area (Å²) in [6.07, 6.45) is 1.04. The first-order valence-corrected chi connectivity index (χ1v) is 7.48. The predicted octanol–water partition coefficient (Wildman–Crippen LogP) is 3.73. The van der Waals surface area contributed by atoms with E-state index in [0.29, 0.717) is 5.75 Å². The van der Waals surface area contributed by atoms with E-state index in [2.05, 4.69) is 33.0 Å². The number of hydrogen-bond donors (Lipinski definition) is 1.